The number of allylic oxidation sites excluding steroid dienone is 2. The van der Waals surface area contributed by atoms with Crippen LogP contribution in [0.1, 0.15) is 51.7 Å². The highest BCUT2D eigenvalue weighted by Gasteiger charge is 2.40. The summed E-state index contributed by atoms with van der Waals surface area (Å²) in [5, 5.41) is 7.18. The maximum atomic E-state index is 9.79. The molecule has 0 aromatic heterocycles. The minimum Gasteiger partial charge on any atom is -0.377 e. The number of hydrazone groups is 1. The van der Waals surface area contributed by atoms with E-state index in [0.717, 1.165) is 18.5 Å². The summed E-state index contributed by atoms with van der Waals surface area (Å²) in [6.07, 6.45) is 7.47. The number of rotatable bonds is 7. The summed E-state index contributed by atoms with van der Waals surface area (Å²) in [6, 6.07) is 17.6. The molecule has 1 amide bonds. The molecule has 2 fully saturated rings. The lowest BCUT2D eigenvalue weighted by Crippen LogP contribution is -2.29. The molecule has 0 saturated carbocycles. The Bertz CT molecular complexity index is 1030. The van der Waals surface area contributed by atoms with E-state index >= 15 is 0 Å². The number of carbonyl (C=O) groups is 2. The fourth-order valence-corrected chi connectivity index (χ4v) is 4.81. The molecule has 2 aromatic rings. The molecule has 0 bridgehead atoms. The van der Waals surface area contributed by atoms with E-state index < -0.39 is 0 Å². The van der Waals surface area contributed by atoms with Crippen molar-refractivity contribution in [2.75, 3.05) is 40.3 Å². The second kappa shape index (κ2) is 18.9. The van der Waals surface area contributed by atoms with Crippen molar-refractivity contribution >= 4 is 18.9 Å². The Kier molecular flexibility index (Phi) is 16.3. The van der Waals surface area contributed by atoms with Gasteiger partial charge in [0.05, 0.1) is 11.9 Å². The zero-order chi connectivity index (χ0) is 29.1. The predicted molar refractivity (Wildman–Crippen MR) is 165 cm³/mol. The van der Waals surface area contributed by atoms with Gasteiger partial charge in [-0.2, -0.15) is 5.10 Å². The number of aldehydes is 1. The van der Waals surface area contributed by atoms with Crippen LogP contribution in [-0.2, 0) is 16.1 Å². The first-order valence-electron chi connectivity index (χ1n) is 13.9. The molecular formula is C32H49N5O2. The molecule has 39 heavy (non-hydrogen) atoms. The molecule has 2 aliphatic heterocycles. The molecule has 0 radical (unpaired) electrons. The van der Waals surface area contributed by atoms with Crippen molar-refractivity contribution in [3.8, 4) is 11.1 Å². The number of benzene rings is 2. The van der Waals surface area contributed by atoms with Crippen LogP contribution in [0, 0.1) is 12.3 Å². The predicted octanol–water partition coefficient (Wildman–Crippen LogP) is 5.26. The largest absolute Gasteiger partial charge is 0.377 e. The van der Waals surface area contributed by atoms with Crippen molar-refractivity contribution in [2.24, 2.45) is 10.5 Å². The first-order chi connectivity index (χ1) is 18.9. The normalized spacial score (nSPS) is 18.3. The van der Waals surface area contributed by atoms with E-state index in [4.69, 9.17) is 4.79 Å². The molecule has 1 atom stereocenters. The summed E-state index contributed by atoms with van der Waals surface area (Å²) in [7, 11) is 3.81. The van der Waals surface area contributed by atoms with Crippen LogP contribution in [0.2, 0.25) is 0 Å². The van der Waals surface area contributed by atoms with Crippen LogP contribution in [0.25, 0.3) is 11.1 Å². The van der Waals surface area contributed by atoms with Gasteiger partial charge in [0.2, 0.25) is 6.41 Å². The summed E-state index contributed by atoms with van der Waals surface area (Å²) in [5.41, 5.74) is 9.22. The summed E-state index contributed by atoms with van der Waals surface area (Å²) in [6.45, 7) is 15.6. The number of amides is 1. The summed E-state index contributed by atoms with van der Waals surface area (Å²) < 4.78 is 0. The standard InChI is InChI=1S/C21H26N2.C7H13N3O.C2H4O.C2H6/c1-17-13-19(18-5-3-2-4-6-18)7-8-20(17)14-23-12-10-21(16-23)9-11-22-15-21;1-4-7(10(2)3)5-8-9-6-11;1-2-3;1-2/h2-8,13,22H,9-12,14-16H2,1H3;4-6H,1-3H3,(H,9,11);2H,1H3;1-2H3/b;7-4+,8-5-;;. The van der Waals surface area contributed by atoms with Gasteiger partial charge in [0.25, 0.3) is 0 Å². The fourth-order valence-electron chi connectivity index (χ4n) is 4.81. The summed E-state index contributed by atoms with van der Waals surface area (Å²) in [5.74, 6) is 0. The van der Waals surface area contributed by atoms with Crippen LogP contribution < -0.4 is 10.7 Å². The van der Waals surface area contributed by atoms with Gasteiger partial charge in [0.1, 0.15) is 6.29 Å². The van der Waals surface area contributed by atoms with Crippen LogP contribution >= 0.6 is 0 Å². The first kappa shape index (κ1) is 33.7. The van der Waals surface area contributed by atoms with Gasteiger partial charge < -0.3 is 15.0 Å². The number of hydrogen-bond acceptors (Lipinski definition) is 6. The molecule has 7 heteroatoms. The van der Waals surface area contributed by atoms with Crippen LogP contribution in [0.3, 0.4) is 0 Å². The maximum Gasteiger partial charge on any atom is 0.227 e. The van der Waals surface area contributed by atoms with Gasteiger partial charge in [-0.3, -0.25) is 9.69 Å². The van der Waals surface area contributed by atoms with E-state index in [1.54, 1.807) is 6.21 Å². The van der Waals surface area contributed by atoms with Gasteiger partial charge in [-0.05, 0) is 74.4 Å². The molecule has 1 unspecified atom stereocenters. The zero-order valence-electron chi connectivity index (χ0n) is 25.0. The Hall–Kier alpha value is -3.29. The number of aryl methyl sites for hydroxylation is 1. The molecule has 7 nitrogen and oxygen atoms in total. The quantitative estimate of drug-likeness (QED) is 0.287. The molecular weight excluding hydrogens is 486 g/mol. The number of nitrogens with one attached hydrogen (secondary N) is 2. The highest BCUT2D eigenvalue weighted by Crippen LogP contribution is 2.37. The molecule has 2 aromatic carbocycles. The van der Waals surface area contributed by atoms with E-state index in [1.165, 1.54) is 68.2 Å². The second-order valence-corrected chi connectivity index (χ2v) is 9.74. The first-order valence-corrected chi connectivity index (χ1v) is 13.9. The molecule has 2 saturated heterocycles. The van der Waals surface area contributed by atoms with Crippen LogP contribution in [0.5, 0.6) is 0 Å². The van der Waals surface area contributed by atoms with Crippen LogP contribution in [-0.4, -0.2) is 69.0 Å². The summed E-state index contributed by atoms with van der Waals surface area (Å²) in [4.78, 5) is 23.1. The number of likely N-dealkylation sites (tertiary alicyclic amines) is 1. The van der Waals surface area contributed by atoms with Crippen molar-refractivity contribution in [3.05, 3.63) is 71.4 Å². The zero-order valence-corrected chi connectivity index (χ0v) is 25.0. The third-order valence-electron chi connectivity index (χ3n) is 6.83. The minimum absolute atomic E-state index is 0.527. The van der Waals surface area contributed by atoms with E-state index in [0.29, 0.717) is 11.8 Å². The third-order valence-corrected chi connectivity index (χ3v) is 6.83. The van der Waals surface area contributed by atoms with E-state index in [9.17, 15) is 4.79 Å². The molecule has 2 N–H and O–H groups in total. The lowest BCUT2D eigenvalue weighted by Gasteiger charge is -2.23. The molecule has 0 aliphatic carbocycles. The number of hydrogen-bond donors (Lipinski definition) is 2. The van der Waals surface area contributed by atoms with Crippen molar-refractivity contribution in [2.45, 2.75) is 54.0 Å². The smallest absolute Gasteiger partial charge is 0.227 e. The van der Waals surface area contributed by atoms with Gasteiger partial charge in [-0.1, -0.05) is 68.5 Å². The Morgan fingerprint density at radius 2 is 1.77 bits per heavy atom. The van der Waals surface area contributed by atoms with Crippen LogP contribution in [0.15, 0.2) is 65.4 Å². The Morgan fingerprint density at radius 1 is 1.08 bits per heavy atom. The van der Waals surface area contributed by atoms with Crippen molar-refractivity contribution in [1.82, 2.24) is 20.5 Å². The van der Waals surface area contributed by atoms with E-state index in [1.807, 2.05) is 45.8 Å². The van der Waals surface area contributed by atoms with Crippen molar-refractivity contribution in [3.63, 3.8) is 0 Å². The molecule has 1 spiro atoms. The molecule has 214 valence electrons. The lowest BCUT2D eigenvalue weighted by molar-refractivity contribution is -0.109. The number of nitrogens with zero attached hydrogens (tertiary/aromatic N) is 3. The molecule has 2 aliphatic rings. The van der Waals surface area contributed by atoms with Gasteiger partial charge in [-0.15, -0.1) is 0 Å². The van der Waals surface area contributed by atoms with Gasteiger partial charge >= 0.3 is 0 Å². The van der Waals surface area contributed by atoms with Gasteiger partial charge in [0, 0.05) is 33.7 Å². The Morgan fingerprint density at radius 3 is 2.31 bits per heavy atom. The van der Waals surface area contributed by atoms with Crippen molar-refractivity contribution < 1.29 is 9.59 Å². The van der Waals surface area contributed by atoms with Crippen molar-refractivity contribution in [1.29, 1.82) is 0 Å². The molecule has 2 heterocycles. The van der Waals surface area contributed by atoms with E-state index in [2.05, 4.69) is 76.2 Å². The lowest BCUT2D eigenvalue weighted by atomic mass is 9.86. The van der Waals surface area contributed by atoms with E-state index in [-0.39, 0.29) is 0 Å². The number of carbonyl (C=O) groups excluding carboxylic acids is 2. The Labute approximate surface area is 236 Å². The maximum absolute atomic E-state index is 9.79. The molecule has 4 rings (SSSR count). The fraction of sp³-hybridized carbons (Fsp3) is 0.469. The SMILES string of the molecule is C/C=C(\C=N/NC=O)N(C)C.CC.CC=O.Cc1cc(-c2ccccc2)ccc1CN1CCC2(CCNC2)C1. The summed E-state index contributed by atoms with van der Waals surface area (Å²) >= 11 is 0. The van der Waals surface area contributed by atoms with Gasteiger partial charge in [-0.25, -0.2) is 5.43 Å². The highest BCUT2D eigenvalue weighted by atomic mass is 16.1. The second-order valence-electron chi connectivity index (χ2n) is 9.74. The highest BCUT2D eigenvalue weighted by molar-refractivity contribution is 5.77. The third kappa shape index (κ3) is 11.5. The van der Waals surface area contributed by atoms with Crippen LogP contribution in [0.4, 0.5) is 0 Å². The monoisotopic (exact) mass is 535 g/mol. The minimum atomic E-state index is 0.527. The average Bonchev–Trinajstić information content (AvgIpc) is 3.59. The average molecular weight is 536 g/mol. The Balaban J connectivity index is 0.000000403. The van der Waals surface area contributed by atoms with Gasteiger partial charge in [0.15, 0.2) is 0 Å². The topological polar surface area (TPSA) is 77.0 Å².